The zero-order valence-corrected chi connectivity index (χ0v) is 12.2. The van der Waals surface area contributed by atoms with Crippen LogP contribution in [-0.4, -0.2) is 39.3 Å². The van der Waals surface area contributed by atoms with Crippen LogP contribution >= 0.6 is 11.6 Å². The minimum absolute atomic E-state index is 0.261. The van der Waals surface area contributed by atoms with Crippen LogP contribution in [0.2, 0.25) is 5.02 Å². The molecule has 1 atom stereocenters. The van der Waals surface area contributed by atoms with Crippen molar-refractivity contribution in [1.29, 1.82) is 0 Å². The molecule has 1 unspecified atom stereocenters. The summed E-state index contributed by atoms with van der Waals surface area (Å²) in [6.45, 7) is -0.261. The van der Waals surface area contributed by atoms with Crippen LogP contribution in [0.4, 0.5) is 0 Å². The second kappa shape index (κ2) is 7.39. The van der Waals surface area contributed by atoms with Crippen LogP contribution in [0.3, 0.4) is 0 Å². The van der Waals surface area contributed by atoms with Crippen molar-refractivity contribution in [3.05, 3.63) is 40.3 Å². The molecule has 0 aliphatic rings. The van der Waals surface area contributed by atoms with Crippen molar-refractivity contribution < 1.29 is 23.1 Å². The molecule has 0 radical (unpaired) electrons. The summed E-state index contributed by atoms with van der Waals surface area (Å²) in [4.78, 5) is 10.8. The number of hydrogen-bond donors (Lipinski definition) is 2. The summed E-state index contributed by atoms with van der Waals surface area (Å²) >= 11 is 5.71. The van der Waals surface area contributed by atoms with E-state index in [1.165, 1.54) is 13.2 Å². The van der Waals surface area contributed by atoms with Gasteiger partial charge in [-0.1, -0.05) is 23.7 Å². The Morgan fingerprint density at radius 3 is 2.55 bits per heavy atom. The fraction of sp³-hybridized carbons (Fsp3) is 0.250. The lowest BCUT2D eigenvalue weighted by Gasteiger charge is -2.11. The van der Waals surface area contributed by atoms with E-state index in [2.05, 4.69) is 4.74 Å². The molecule has 0 fully saturated rings. The minimum Gasteiger partial charge on any atom is -0.480 e. The molecule has 0 saturated heterocycles. The number of benzene rings is 1. The average Bonchev–Trinajstić information content (AvgIpc) is 2.37. The van der Waals surface area contributed by atoms with Gasteiger partial charge in [0, 0.05) is 17.5 Å². The topological polar surface area (TPSA) is 92.7 Å². The van der Waals surface area contributed by atoms with E-state index >= 15 is 0 Å². The number of sulfonamides is 1. The molecule has 0 aliphatic carbocycles. The predicted molar refractivity (Wildman–Crippen MR) is 75.8 cm³/mol. The normalized spacial score (nSPS) is 13.5. The molecule has 0 bridgehead atoms. The van der Waals surface area contributed by atoms with E-state index in [4.69, 9.17) is 16.7 Å². The zero-order chi connectivity index (χ0) is 15.2. The van der Waals surface area contributed by atoms with Crippen molar-refractivity contribution in [3.63, 3.8) is 0 Å². The van der Waals surface area contributed by atoms with Gasteiger partial charge in [-0.2, -0.15) is 4.72 Å². The highest BCUT2D eigenvalue weighted by Gasteiger charge is 2.22. The number of hydrogen-bond acceptors (Lipinski definition) is 4. The average molecular weight is 320 g/mol. The molecule has 0 aliphatic heterocycles. The van der Waals surface area contributed by atoms with Crippen LogP contribution in [0.15, 0.2) is 29.7 Å². The quantitative estimate of drug-likeness (QED) is 0.791. The second-order valence-corrected chi connectivity index (χ2v) is 5.90. The number of aliphatic carboxylic acids is 1. The third kappa shape index (κ3) is 5.70. The molecular formula is C12H14ClNO5S. The number of rotatable bonds is 7. The number of carbonyl (C=O) groups is 1. The Bertz CT molecular complexity index is 582. The van der Waals surface area contributed by atoms with Crippen LogP contribution in [0.5, 0.6) is 0 Å². The summed E-state index contributed by atoms with van der Waals surface area (Å²) in [6, 6.07) is 5.18. The molecule has 0 heterocycles. The van der Waals surface area contributed by atoms with E-state index < -0.39 is 22.0 Å². The van der Waals surface area contributed by atoms with E-state index in [-0.39, 0.29) is 6.61 Å². The van der Waals surface area contributed by atoms with Gasteiger partial charge < -0.3 is 9.84 Å². The standard InChI is InChI=1S/C12H14ClNO5S/c1-19-8-11(12(15)16)14-20(17,18)7-6-9-2-4-10(13)5-3-9/h2-7,11,14H,8H2,1H3,(H,15,16)/b7-6+. The highest BCUT2D eigenvalue weighted by molar-refractivity contribution is 7.92. The summed E-state index contributed by atoms with van der Waals surface area (Å²) in [5.74, 6) is -1.31. The molecule has 8 heteroatoms. The van der Waals surface area contributed by atoms with E-state index in [1.807, 2.05) is 4.72 Å². The number of carboxylic acids is 1. The third-order valence-electron chi connectivity index (χ3n) is 2.25. The maximum atomic E-state index is 11.7. The third-order valence-corrected chi connectivity index (χ3v) is 3.61. The fourth-order valence-electron chi connectivity index (χ4n) is 1.30. The van der Waals surface area contributed by atoms with Crippen LogP contribution < -0.4 is 4.72 Å². The first-order valence-corrected chi connectivity index (χ1v) is 7.44. The Balaban J connectivity index is 2.78. The van der Waals surface area contributed by atoms with Gasteiger partial charge in [-0.05, 0) is 23.8 Å². The first-order chi connectivity index (χ1) is 9.34. The molecule has 6 nitrogen and oxygen atoms in total. The number of ether oxygens (including phenoxy) is 1. The Morgan fingerprint density at radius 2 is 2.05 bits per heavy atom. The molecule has 1 aromatic rings. The van der Waals surface area contributed by atoms with E-state index in [9.17, 15) is 13.2 Å². The molecule has 0 saturated carbocycles. The molecule has 110 valence electrons. The van der Waals surface area contributed by atoms with Crippen molar-refractivity contribution in [2.24, 2.45) is 0 Å². The number of methoxy groups -OCH3 is 1. The molecule has 0 aromatic heterocycles. The molecular weight excluding hydrogens is 306 g/mol. The van der Waals surface area contributed by atoms with Gasteiger partial charge in [0.15, 0.2) is 0 Å². The Morgan fingerprint density at radius 1 is 1.45 bits per heavy atom. The maximum Gasteiger partial charge on any atom is 0.324 e. The summed E-state index contributed by atoms with van der Waals surface area (Å²) in [6.07, 6.45) is 1.34. The Labute approximate surface area is 122 Å². The summed E-state index contributed by atoms with van der Waals surface area (Å²) in [7, 11) is -2.60. The summed E-state index contributed by atoms with van der Waals surface area (Å²) < 4.78 is 30.1. The summed E-state index contributed by atoms with van der Waals surface area (Å²) in [5, 5.41) is 10.3. The van der Waals surface area contributed by atoms with Gasteiger partial charge in [0.2, 0.25) is 10.0 Å². The monoisotopic (exact) mass is 319 g/mol. The molecule has 0 spiro atoms. The Kier molecular flexibility index (Phi) is 6.15. The zero-order valence-electron chi connectivity index (χ0n) is 10.6. The van der Waals surface area contributed by atoms with Crippen molar-refractivity contribution in [2.75, 3.05) is 13.7 Å². The van der Waals surface area contributed by atoms with Gasteiger partial charge in [0.1, 0.15) is 6.04 Å². The van der Waals surface area contributed by atoms with Gasteiger partial charge in [0.05, 0.1) is 6.61 Å². The number of halogens is 1. The largest absolute Gasteiger partial charge is 0.480 e. The maximum absolute atomic E-state index is 11.7. The molecule has 2 N–H and O–H groups in total. The van der Waals surface area contributed by atoms with E-state index in [0.717, 1.165) is 5.41 Å². The molecule has 1 rings (SSSR count). The van der Waals surface area contributed by atoms with Crippen molar-refractivity contribution in [1.82, 2.24) is 4.72 Å². The van der Waals surface area contributed by atoms with Crippen molar-refractivity contribution in [3.8, 4) is 0 Å². The van der Waals surface area contributed by atoms with Gasteiger partial charge in [0.25, 0.3) is 0 Å². The van der Waals surface area contributed by atoms with E-state index in [1.54, 1.807) is 24.3 Å². The lowest BCUT2D eigenvalue weighted by molar-refractivity contribution is -0.140. The lowest BCUT2D eigenvalue weighted by Crippen LogP contribution is -2.42. The smallest absolute Gasteiger partial charge is 0.324 e. The summed E-state index contributed by atoms with van der Waals surface area (Å²) in [5.41, 5.74) is 0.624. The van der Waals surface area contributed by atoms with E-state index in [0.29, 0.717) is 10.6 Å². The highest BCUT2D eigenvalue weighted by atomic mass is 35.5. The number of carboxylic acid groups (broad SMARTS) is 1. The van der Waals surface area contributed by atoms with Gasteiger partial charge >= 0.3 is 5.97 Å². The lowest BCUT2D eigenvalue weighted by atomic mass is 10.2. The first kappa shape index (κ1) is 16.6. The Hall–Kier alpha value is -1.41. The van der Waals surface area contributed by atoms with Crippen molar-refractivity contribution >= 4 is 33.7 Å². The highest BCUT2D eigenvalue weighted by Crippen LogP contribution is 2.11. The van der Waals surface area contributed by atoms with Gasteiger partial charge in [-0.3, -0.25) is 4.79 Å². The van der Waals surface area contributed by atoms with Gasteiger partial charge in [-0.25, -0.2) is 8.42 Å². The second-order valence-electron chi connectivity index (χ2n) is 3.86. The van der Waals surface area contributed by atoms with Crippen LogP contribution in [0.1, 0.15) is 5.56 Å². The predicted octanol–water partition coefficient (Wildman–Crippen LogP) is 1.33. The number of nitrogens with one attached hydrogen (secondary N) is 1. The van der Waals surface area contributed by atoms with Crippen LogP contribution in [0.25, 0.3) is 6.08 Å². The first-order valence-electron chi connectivity index (χ1n) is 5.52. The molecule has 1 aromatic carbocycles. The molecule has 20 heavy (non-hydrogen) atoms. The fourth-order valence-corrected chi connectivity index (χ4v) is 2.41. The van der Waals surface area contributed by atoms with Crippen molar-refractivity contribution in [2.45, 2.75) is 6.04 Å². The van der Waals surface area contributed by atoms with Crippen LogP contribution in [-0.2, 0) is 19.6 Å². The SMILES string of the molecule is COCC(NS(=O)(=O)/C=C/c1ccc(Cl)cc1)C(=O)O. The molecule has 0 amide bonds. The minimum atomic E-state index is -3.88. The van der Waals surface area contributed by atoms with Gasteiger partial charge in [-0.15, -0.1) is 0 Å². The van der Waals surface area contributed by atoms with Crippen LogP contribution in [0, 0.1) is 0 Å².